The molecular formula is C25H25ClN4O4. The number of methoxy groups -OCH3 is 3. The Labute approximate surface area is 202 Å². The molecule has 0 spiro atoms. The molecule has 0 unspecified atom stereocenters. The van der Waals surface area contributed by atoms with E-state index in [9.17, 15) is 4.79 Å². The Hall–Kier alpha value is -3.78. The van der Waals surface area contributed by atoms with Gasteiger partial charge in [-0.25, -0.2) is 9.97 Å². The number of aromatic nitrogens is 3. The van der Waals surface area contributed by atoms with E-state index >= 15 is 0 Å². The van der Waals surface area contributed by atoms with Gasteiger partial charge in [-0.3, -0.25) is 4.79 Å². The average Bonchev–Trinajstić information content (AvgIpc) is 3.20. The number of carbonyl (C=O) groups excluding carboxylic acids is 1. The van der Waals surface area contributed by atoms with Gasteiger partial charge in [0.05, 0.1) is 38.6 Å². The maximum Gasteiger partial charge on any atom is 0.224 e. The molecule has 1 amide bonds. The molecule has 8 nitrogen and oxygen atoms in total. The third-order valence-corrected chi connectivity index (χ3v) is 5.70. The molecule has 2 aromatic heterocycles. The van der Waals surface area contributed by atoms with E-state index in [0.29, 0.717) is 35.2 Å². The van der Waals surface area contributed by atoms with E-state index < -0.39 is 0 Å². The number of anilines is 1. The van der Waals surface area contributed by atoms with Crippen LogP contribution in [0.15, 0.2) is 54.7 Å². The monoisotopic (exact) mass is 480 g/mol. The van der Waals surface area contributed by atoms with Gasteiger partial charge in [-0.15, -0.1) is 0 Å². The van der Waals surface area contributed by atoms with Gasteiger partial charge >= 0.3 is 0 Å². The first kappa shape index (κ1) is 23.4. The van der Waals surface area contributed by atoms with E-state index in [1.807, 2.05) is 41.0 Å². The molecular weight excluding hydrogens is 456 g/mol. The van der Waals surface area contributed by atoms with Crippen LogP contribution in [-0.4, -0.2) is 41.8 Å². The molecule has 0 bridgehead atoms. The fourth-order valence-electron chi connectivity index (χ4n) is 3.67. The topological polar surface area (TPSA) is 87.5 Å². The van der Waals surface area contributed by atoms with Crippen molar-refractivity contribution in [2.24, 2.45) is 0 Å². The van der Waals surface area contributed by atoms with E-state index in [-0.39, 0.29) is 12.3 Å². The Morgan fingerprint density at radius 3 is 2.50 bits per heavy atom. The number of hydrogen-bond acceptors (Lipinski definition) is 6. The Morgan fingerprint density at radius 2 is 1.79 bits per heavy atom. The van der Waals surface area contributed by atoms with Crippen LogP contribution in [-0.2, 0) is 17.8 Å². The number of hydrogen-bond donors (Lipinski definition) is 1. The average molecular weight is 481 g/mol. The van der Waals surface area contributed by atoms with Crippen molar-refractivity contribution in [1.82, 2.24) is 14.5 Å². The van der Waals surface area contributed by atoms with Crippen LogP contribution in [0.5, 0.6) is 17.2 Å². The molecule has 0 aliphatic carbocycles. The summed E-state index contributed by atoms with van der Waals surface area (Å²) < 4.78 is 17.9. The second kappa shape index (κ2) is 10.4. The minimum absolute atomic E-state index is 0.185. The molecule has 1 N–H and O–H groups in total. The van der Waals surface area contributed by atoms with Crippen LogP contribution in [0.4, 0.5) is 5.69 Å². The molecule has 4 rings (SSSR count). The number of nitrogens with zero attached hydrogens (tertiary/aromatic N) is 3. The number of nitrogens with one attached hydrogen (secondary N) is 1. The Balaban J connectivity index is 1.52. The molecule has 4 aromatic rings. The second-order valence-electron chi connectivity index (χ2n) is 7.54. The predicted octanol–water partition coefficient (Wildman–Crippen LogP) is 4.73. The van der Waals surface area contributed by atoms with Crippen LogP contribution in [0, 0.1) is 0 Å². The summed E-state index contributed by atoms with van der Waals surface area (Å²) in [6.07, 6.45) is 2.40. The number of benzene rings is 2. The molecule has 0 aliphatic heterocycles. The highest BCUT2D eigenvalue weighted by atomic mass is 35.5. The molecule has 2 heterocycles. The summed E-state index contributed by atoms with van der Waals surface area (Å²) in [6, 6.07) is 14.9. The molecule has 0 aliphatic rings. The van der Waals surface area contributed by atoms with E-state index in [1.165, 1.54) is 14.2 Å². The van der Waals surface area contributed by atoms with Crippen LogP contribution < -0.4 is 19.5 Å². The molecule has 0 atom stereocenters. The molecule has 2 aromatic carbocycles. The summed E-state index contributed by atoms with van der Waals surface area (Å²) in [5.41, 5.74) is 3.12. The fraction of sp³-hybridized carbons (Fsp3) is 0.240. The fourth-order valence-corrected chi connectivity index (χ4v) is 3.91. The zero-order valence-electron chi connectivity index (χ0n) is 19.2. The molecule has 9 heteroatoms. The number of rotatable bonds is 9. The van der Waals surface area contributed by atoms with Gasteiger partial charge in [0.25, 0.3) is 0 Å². The second-order valence-corrected chi connectivity index (χ2v) is 7.95. The summed E-state index contributed by atoms with van der Waals surface area (Å²) in [5, 5.41) is 3.25. The van der Waals surface area contributed by atoms with E-state index in [0.717, 1.165) is 28.3 Å². The van der Waals surface area contributed by atoms with Crippen LogP contribution in [0.1, 0.15) is 17.8 Å². The Morgan fingerprint density at radius 1 is 1.03 bits per heavy atom. The first-order valence-electron chi connectivity index (χ1n) is 10.7. The highest BCUT2D eigenvalue weighted by Gasteiger charge is 2.16. The van der Waals surface area contributed by atoms with Crippen molar-refractivity contribution in [1.29, 1.82) is 0 Å². The Bertz CT molecular complexity index is 1300. The lowest BCUT2D eigenvalue weighted by atomic mass is 10.2. The zero-order valence-corrected chi connectivity index (χ0v) is 19.9. The lowest BCUT2D eigenvalue weighted by molar-refractivity contribution is -0.116. The van der Waals surface area contributed by atoms with Crippen molar-refractivity contribution in [2.75, 3.05) is 26.6 Å². The number of aryl methyl sites for hydroxylation is 1. The maximum absolute atomic E-state index is 12.8. The summed E-state index contributed by atoms with van der Waals surface area (Å²) in [5.74, 6) is 2.32. The van der Waals surface area contributed by atoms with Gasteiger partial charge in [0.15, 0.2) is 5.65 Å². The lowest BCUT2D eigenvalue weighted by Crippen LogP contribution is -2.15. The van der Waals surface area contributed by atoms with E-state index in [4.69, 9.17) is 30.8 Å². The number of fused-ring (bicyclic) bond motifs is 1. The first-order chi connectivity index (χ1) is 16.5. The van der Waals surface area contributed by atoms with Crippen molar-refractivity contribution in [2.45, 2.75) is 19.4 Å². The zero-order chi connectivity index (χ0) is 24.1. The smallest absolute Gasteiger partial charge is 0.224 e. The van der Waals surface area contributed by atoms with Gasteiger partial charge in [-0.2, -0.15) is 0 Å². The van der Waals surface area contributed by atoms with E-state index in [1.54, 1.807) is 25.4 Å². The van der Waals surface area contributed by atoms with Gasteiger partial charge in [-0.05, 0) is 35.9 Å². The lowest BCUT2D eigenvalue weighted by Gasteiger charge is -2.13. The van der Waals surface area contributed by atoms with Crippen LogP contribution >= 0.6 is 11.6 Å². The van der Waals surface area contributed by atoms with E-state index in [2.05, 4.69) is 10.3 Å². The molecule has 0 saturated heterocycles. The van der Waals surface area contributed by atoms with Crippen molar-refractivity contribution in [3.63, 3.8) is 0 Å². The summed E-state index contributed by atoms with van der Waals surface area (Å²) >= 11 is 6.22. The molecule has 0 radical (unpaired) electrons. The summed E-state index contributed by atoms with van der Waals surface area (Å²) in [4.78, 5) is 22.0. The van der Waals surface area contributed by atoms with Gasteiger partial charge in [-0.1, -0.05) is 23.7 Å². The number of halogens is 1. The van der Waals surface area contributed by atoms with Crippen LogP contribution in [0.3, 0.4) is 0 Å². The molecule has 176 valence electrons. The number of carbonyl (C=O) groups is 1. The third-order valence-electron chi connectivity index (χ3n) is 5.41. The number of imidazole rings is 1. The SMILES string of the molecule is COc1ccc(Cn2c(CCC(=O)Nc3cc(Cl)c(OC)cc3OC)nc3cccnc32)cc1. The molecule has 0 fully saturated rings. The van der Waals surface area contributed by atoms with Gasteiger partial charge in [0.1, 0.15) is 28.6 Å². The minimum Gasteiger partial charge on any atom is -0.497 e. The quantitative estimate of drug-likeness (QED) is 0.372. The Kier molecular flexibility index (Phi) is 7.18. The minimum atomic E-state index is -0.185. The number of amides is 1. The molecule has 0 saturated carbocycles. The number of ether oxygens (including phenoxy) is 3. The largest absolute Gasteiger partial charge is 0.497 e. The summed E-state index contributed by atoms with van der Waals surface area (Å²) in [6.45, 7) is 0.580. The maximum atomic E-state index is 12.8. The van der Waals surface area contributed by atoms with Crippen molar-refractivity contribution >= 4 is 34.4 Å². The standard InChI is InChI=1S/C25H25ClN4O4/c1-32-17-8-6-16(7-9-17)15-30-23(28-19-5-4-12-27-25(19)30)10-11-24(31)29-20-13-18(26)21(33-2)14-22(20)34-3/h4-9,12-14H,10-11,15H2,1-3H3,(H,29,31). The van der Waals surface area contributed by atoms with Crippen molar-refractivity contribution in [3.05, 3.63) is 71.1 Å². The highest BCUT2D eigenvalue weighted by Crippen LogP contribution is 2.36. The van der Waals surface area contributed by atoms with Crippen molar-refractivity contribution < 1.29 is 19.0 Å². The number of pyridine rings is 1. The van der Waals surface area contributed by atoms with Crippen LogP contribution in [0.2, 0.25) is 5.02 Å². The normalized spacial score (nSPS) is 10.8. The predicted molar refractivity (Wildman–Crippen MR) is 131 cm³/mol. The first-order valence-corrected chi connectivity index (χ1v) is 11.0. The molecule has 34 heavy (non-hydrogen) atoms. The van der Waals surface area contributed by atoms with Gasteiger partial charge in [0, 0.05) is 25.1 Å². The van der Waals surface area contributed by atoms with Gasteiger partial charge < -0.3 is 24.1 Å². The van der Waals surface area contributed by atoms with Gasteiger partial charge in [0.2, 0.25) is 5.91 Å². The third kappa shape index (κ3) is 5.07. The summed E-state index contributed by atoms with van der Waals surface area (Å²) in [7, 11) is 4.68. The van der Waals surface area contributed by atoms with Crippen LogP contribution in [0.25, 0.3) is 11.2 Å². The highest BCUT2D eigenvalue weighted by molar-refractivity contribution is 6.32. The van der Waals surface area contributed by atoms with Crippen molar-refractivity contribution in [3.8, 4) is 17.2 Å².